The molecule has 0 aliphatic rings. The molecule has 0 aromatic carbocycles. The van der Waals surface area contributed by atoms with Crippen molar-refractivity contribution in [3.63, 3.8) is 0 Å². The highest BCUT2D eigenvalue weighted by Gasteiger charge is 2.23. The minimum atomic E-state index is -1.56. The van der Waals surface area contributed by atoms with Crippen LogP contribution >= 0.6 is 0 Å². The summed E-state index contributed by atoms with van der Waals surface area (Å²) in [5, 5.41) is 34.7. The minimum absolute atomic E-state index is 0.0868. The normalized spacial score (nSPS) is 13.5. The highest BCUT2D eigenvalue weighted by molar-refractivity contribution is 5.79. The van der Waals surface area contributed by atoms with Gasteiger partial charge >= 0.3 is 23.9 Å². The van der Waals surface area contributed by atoms with E-state index in [1.54, 1.807) is 0 Å². The molecule has 0 aliphatic heterocycles. The van der Waals surface area contributed by atoms with E-state index in [1.165, 1.54) is 11.8 Å². The van der Waals surface area contributed by atoms with Gasteiger partial charge in [-0.2, -0.15) is 0 Å². The van der Waals surface area contributed by atoms with Crippen molar-refractivity contribution in [1.29, 1.82) is 0 Å². The predicted octanol–water partition coefficient (Wildman–Crippen LogP) is -1.24. The van der Waals surface area contributed by atoms with Crippen LogP contribution in [0.1, 0.15) is 13.3 Å². The van der Waals surface area contributed by atoms with Crippen LogP contribution in [0.5, 0.6) is 0 Å². The van der Waals surface area contributed by atoms with E-state index in [0.29, 0.717) is 0 Å². The lowest BCUT2D eigenvalue weighted by molar-refractivity contribution is -0.159. The van der Waals surface area contributed by atoms with Crippen LogP contribution in [0, 0.1) is 0 Å². The van der Waals surface area contributed by atoms with Gasteiger partial charge in [0.25, 0.3) is 0 Å². The number of ether oxygens (including phenoxy) is 2. The summed E-state index contributed by atoms with van der Waals surface area (Å²) < 4.78 is 9.85. The second-order valence-corrected chi connectivity index (χ2v) is 4.46. The maximum atomic E-state index is 10.8. The van der Waals surface area contributed by atoms with Gasteiger partial charge in [-0.05, 0) is 6.92 Å². The molecule has 0 amide bonds. The van der Waals surface area contributed by atoms with Crippen molar-refractivity contribution in [2.75, 3.05) is 26.3 Å². The first-order valence-electron chi connectivity index (χ1n) is 6.49. The smallest absolute Gasteiger partial charge is 0.333 e. The van der Waals surface area contributed by atoms with Crippen LogP contribution in [0.4, 0.5) is 0 Å². The van der Waals surface area contributed by atoms with Crippen LogP contribution in [0.2, 0.25) is 0 Å². The molecule has 2 atom stereocenters. The van der Waals surface area contributed by atoms with Crippen molar-refractivity contribution < 1.29 is 49.1 Å². The van der Waals surface area contributed by atoms with Gasteiger partial charge in [0.15, 0.2) is 6.10 Å². The molecule has 0 bridgehead atoms. The molecule has 0 rings (SSSR count). The van der Waals surface area contributed by atoms with Crippen LogP contribution < -0.4 is 0 Å². The fourth-order valence-electron chi connectivity index (χ4n) is 1.55. The summed E-state index contributed by atoms with van der Waals surface area (Å²) >= 11 is 0. The van der Waals surface area contributed by atoms with E-state index < -0.39 is 55.8 Å². The average Bonchev–Trinajstić information content (AvgIpc) is 2.41. The molecular weight excluding hydrogens is 318 g/mol. The van der Waals surface area contributed by atoms with Gasteiger partial charge in [-0.3, -0.25) is 14.5 Å². The van der Waals surface area contributed by atoms with Gasteiger partial charge in [0, 0.05) is 6.54 Å². The van der Waals surface area contributed by atoms with E-state index >= 15 is 0 Å². The monoisotopic (exact) mass is 337 g/mol. The van der Waals surface area contributed by atoms with Crippen molar-refractivity contribution >= 4 is 23.9 Å². The molecule has 0 aromatic rings. The van der Waals surface area contributed by atoms with Gasteiger partial charge in [-0.15, -0.1) is 0 Å². The van der Waals surface area contributed by atoms with Crippen LogP contribution in [0.25, 0.3) is 0 Å². The Morgan fingerprint density at radius 2 is 1.57 bits per heavy atom. The number of rotatable bonds is 13. The standard InChI is InChI=1S/C12H19NO10/c1-7(23-6-11(18)19)13(5-10(16)17)2-3-22-8(12(20)21)4-9(14)15/h7-8H,2-6H2,1H3,(H,14,15)(H,16,17)(H,18,19)(H,20,21). The Hall–Kier alpha value is -2.24. The number of hydrogen-bond donors (Lipinski definition) is 4. The number of aliphatic carboxylic acids is 4. The number of carbonyl (C=O) groups is 4. The maximum absolute atomic E-state index is 10.8. The largest absolute Gasteiger partial charge is 0.481 e. The molecule has 2 unspecified atom stereocenters. The molecule has 0 heterocycles. The summed E-state index contributed by atoms with van der Waals surface area (Å²) in [6.45, 7) is -0.0394. The zero-order valence-electron chi connectivity index (χ0n) is 12.4. The highest BCUT2D eigenvalue weighted by atomic mass is 16.5. The van der Waals surface area contributed by atoms with Gasteiger partial charge in [0.2, 0.25) is 0 Å². The number of nitrogens with zero attached hydrogens (tertiary/aromatic N) is 1. The quantitative estimate of drug-likeness (QED) is 0.296. The Balaban J connectivity index is 4.52. The topological polar surface area (TPSA) is 171 Å². The third-order valence-corrected chi connectivity index (χ3v) is 2.63. The summed E-state index contributed by atoms with van der Waals surface area (Å²) in [7, 11) is 0. The lowest BCUT2D eigenvalue weighted by Crippen LogP contribution is -2.42. The Labute approximate surface area is 131 Å². The molecule has 0 fully saturated rings. The highest BCUT2D eigenvalue weighted by Crippen LogP contribution is 2.04. The number of carboxylic acids is 4. The summed E-state index contributed by atoms with van der Waals surface area (Å²) in [4.78, 5) is 43.7. The van der Waals surface area contributed by atoms with E-state index in [4.69, 9.17) is 29.9 Å². The Morgan fingerprint density at radius 3 is 2.00 bits per heavy atom. The Kier molecular flexibility index (Phi) is 9.46. The summed E-state index contributed by atoms with van der Waals surface area (Å²) in [5.41, 5.74) is 0. The van der Waals surface area contributed by atoms with Crippen molar-refractivity contribution in [1.82, 2.24) is 4.90 Å². The second-order valence-electron chi connectivity index (χ2n) is 4.46. The average molecular weight is 337 g/mol. The molecule has 0 aromatic heterocycles. The summed E-state index contributed by atoms with van der Waals surface area (Å²) in [6.07, 6.45) is -3.16. The molecule has 0 radical (unpaired) electrons. The SMILES string of the molecule is CC(OCC(=O)O)N(CCOC(CC(=O)O)C(=O)O)CC(=O)O. The molecule has 0 saturated heterocycles. The minimum Gasteiger partial charge on any atom is -0.481 e. The zero-order valence-corrected chi connectivity index (χ0v) is 12.4. The number of hydrogen-bond acceptors (Lipinski definition) is 7. The second kappa shape index (κ2) is 10.5. The molecule has 0 aliphatic carbocycles. The fourth-order valence-corrected chi connectivity index (χ4v) is 1.55. The van der Waals surface area contributed by atoms with Gasteiger partial charge in [-0.1, -0.05) is 0 Å². The third kappa shape index (κ3) is 10.2. The molecule has 0 spiro atoms. The van der Waals surface area contributed by atoms with Crippen LogP contribution in [0.3, 0.4) is 0 Å². The molecule has 132 valence electrons. The molecular formula is C12H19NO10. The first-order chi connectivity index (χ1) is 10.6. The van der Waals surface area contributed by atoms with E-state index in [0.717, 1.165) is 0 Å². The first-order valence-corrected chi connectivity index (χ1v) is 6.49. The van der Waals surface area contributed by atoms with E-state index in [9.17, 15) is 19.2 Å². The van der Waals surface area contributed by atoms with E-state index in [1.807, 2.05) is 0 Å². The van der Waals surface area contributed by atoms with E-state index in [2.05, 4.69) is 0 Å². The fraction of sp³-hybridized carbons (Fsp3) is 0.667. The van der Waals surface area contributed by atoms with Crippen molar-refractivity contribution in [3.05, 3.63) is 0 Å². The van der Waals surface area contributed by atoms with Crippen molar-refractivity contribution in [2.45, 2.75) is 25.7 Å². The Morgan fingerprint density at radius 1 is 0.957 bits per heavy atom. The molecule has 11 heteroatoms. The third-order valence-electron chi connectivity index (χ3n) is 2.63. The summed E-state index contributed by atoms with van der Waals surface area (Å²) in [6, 6.07) is 0. The Bertz CT molecular complexity index is 438. The maximum Gasteiger partial charge on any atom is 0.333 e. The van der Waals surface area contributed by atoms with Crippen molar-refractivity contribution in [2.24, 2.45) is 0 Å². The first kappa shape index (κ1) is 20.8. The van der Waals surface area contributed by atoms with Crippen LogP contribution in [-0.2, 0) is 28.7 Å². The molecule has 11 nitrogen and oxygen atoms in total. The zero-order chi connectivity index (χ0) is 18.0. The van der Waals surface area contributed by atoms with Crippen LogP contribution in [0.15, 0.2) is 0 Å². The summed E-state index contributed by atoms with van der Waals surface area (Å²) in [5.74, 6) is -5.22. The van der Waals surface area contributed by atoms with Gasteiger partial charge in [0.1, 0.15) is 12.8 Å². The number of carboxylic acid groups (broad SMARTS) is 4. The van der Waals surface area contributed by atoms with E-state index in [-0.39, 0.29) is 13.2 Å². The lowest BCUT2D eigenvalue weighted by atomic mass is 10.2. The van der Waals surface area contributed by atoms with Gasteiger partial charge in [0.05, 0.1) is 19.6 Å². The predicted molar refractivity (Wildman–Crippen MR) is 71.9 cm³/mol. The molecule has 4 N–H and O–H groups in total. The van der Waals surface area contributed by atoms with Crippen LogP contribution in [-0.4, -0.2) is 87.8 Å². The molecule has 23 heavy (non-hydrogen) atoms. The van der Waals surface area contributed by atoms with Gasteiger partial charge < -0.3 is 29.9 Å². The van der Waals surface area contributed by atoms with Crippen molar-refractivity contribution in [3.8, 4) is 0 Å². The lowest BCUT2D eigenvalue weighted by Gasteiger charge is -2.27. The van der Waals surface area contributed by atoms with Gasteiger partial charge in [-0.25, -0.2) is 9.59 Å². The molecule has 0 saturated carbocycles.